The Morgan fingerprint density at radius 3 is 2.43 bits per heavy atom. The van der Waals surface area contributed by atoms with Crippen molar-refractivity contribution in [3.8, 4) is 0 Å². The standard InChI is InChI=1S/C10H16N2O2/c1-5-8-9(10(13)14)12(6-2)7(3)11(8)4/h5-6H2,1-4H3. The minimum absolute atomic E-state index is 0.315. The molecule has 0 amide bonds. The molecule has 0 spiro atoms. The van der Waals surface area contributed by atoms with Crippen molar-refractivity contribution in [2.45, 2.75) is 33.7 Å². The van der Waals surface area contributed by atoms with Crippen LogP contribution in [-0.4, -0.2) is 10.5 Å². The predicted molar refractivity (Wildman–Crippen MR) is 49.7 cm³/mol. The molecular weight excluding hydrogens is 180 g/mol. The number of nitrogens with zero attached hydrogens (tertiary/aromatic N) is 2. The summed E-state index contributed by atoms with van der Waals surface area (Å²) in [4.78, 5) is 11.0. The van der Waals surface area contributed by atoms with Gasteiger partial charge in [0.2, 0.25) is 0 Å². The number of hydrogen-bond donors (Lipinski definition) is 0. The molecule has 0 aliphatic heterocycles. The zero-order chi connectivity index (χ0) is 10.9. The topological polar surface area (TPSA) is 48.9 Å². The van der Waals surface area contributed by atoms with E-state index >= 15 is 0 Å². The van der Waals surface area contributed by atoms with Crippen LogP contribution in [0.3, 0.4) is 0 Å². The number of aromatic carboxylic acids is 1. The van der Waals surface area contributed by atoms with Gasteiger partial charge in [0.15, 0.2) is 11.4 Å². The van der Waals surface area contributed by atoms with Crippen LogP contribution in [0.4, 0.5) is 0 Å². The van der Waals surface area contributed by atoms with Crippen LogP contribution >= 0.6 is 0 Å². The van der Waals surface area contributed by atoms with Gasteiger partial charge >= 0.3 is 0 Å². The average Bonchev–Trinajstić information content (AvgIpc) is 2.39. The van der Waals surface area contributed by atoms with Crippen LogP contribution in [0, 0.1) is 6.92 Å². The molecule has 0 aliphatic rings. The van der Waals surface area contributed by atoms with Crippen molar-refractivity contribution in [1.82, 2.24) is 4.57 Å². The number of hydrogen-bond acceptors (Lipinski definition) is 2. The Kier molecular flexibility index (Phi) is 2.93. The molecule has 78 valence electrons. The maximum atomic E-state index is 11.0. The maximum Gasteiger partial charge on any atom is 0.253 e. The predicted octanol–water partition coefficient (Wildman–Crippen LogP) is -0.433. The average molecular weight is 196 g/mol. The smallest absolute Gasteiger partial charge is 0.253 e. The minimum atomic E-state index is -1.09. The van der Waals surface area contributed by atoms with Gasteiger partial charge in [-0.15, -0.1) is 0 Å². The third kappa shape index (κ3) is 1.41. The van der Waals surface area contributed by atoms with Crippen LogP contribution in [0.15, 0.2) is 0 Å². The largest absolute Gasteiger partial charge is 0.541 e. The summed E-state index contributed by atoms with van der Waals surface area (Å²) >= 11 is 0. The van der Waals surface area contributed by atoms with Crippen LogP contribution < -0.4 is 9.67 Å². The Hall–Kier alpha value is -1.32. The second-order valence-electron chi connectivity index (χ2n) is 3.29. The maximum absolute atomic E-state index is 11.0. The normalized spacial score (nSPS) is 10.6. The van der Waals surface area contributed by atoms with Crippen molar-refractivity contribution < 1.29 is 14.5 Å². The summed E-state index contributed by atoms with van der Waals surface area (Å²) in [5.74, 6) is -0.143. The third-order valence-electron chi connectivity index (χ3n) is 2.67. The second-order valence-corrected chi connectivity index (χ2v) is 3.29. The molecule has 0 saturated heterocycles. The minimum Gasteiger partial charge on any atom is -0.541 e. The van der Waals surface area contributed by atoms with Crippen molar-refractivity contribution in [3.05, 3.63) is 17.2 Å². The first-order valence-electron chi connectivity index (χ1n) is 4.83. The molecule has 1 aromatic heterocycles. The van der Waals surface area contributed by atoms with E-state index in [1.54, 1.807) is 4.57 Å². The molecule has 0 bridgehead atoms. The summed E-state index contributed by atoms with van der Waals surface area (Å²) in [6, 6.07) is 0. The van der Waals surface area contributed by atoms with Gasteiger partial charge in [-0.1, -0.05) is 6.92 Å². The van der Waals surface area contributed by atoms with Gasteiger partial charge in [-0.3, -0.25) is 0 Å². The first kappa shape index (κ1) is 10.8. The monoisotopic (exact) mass is 196 g/mol. The van der Waals surface area contributed by atoms with E-state index in [0.717, 1.165) is 11.5 Å². The summed E-state index contributed by atoms with van der Waals surface area (Å²) in [6.45, 7) is 6.44. The van der Waals surface area contributed by atoms with Crippen molar-refractivity contribution >= 4 is 5.97 Å². The third-order valence-corrected chi connectivity index (χ3v) is 2.67. The van der Waals surface area contributed by atoms with E-state index in [1.807, 2.05) is 32.4 Å². The van der Waals surface area contributed by atoms with Crippen LogP contribution in [-0.2, 0) is 20.0 Å². The Labute approximate surface area is 83.8 Å². The molecule has 1 heterocycles. The van der Waals surface area contributed by atoms with E-state index in [0.29, 0.717) is 18.7 Å². The SMILES string of the molecule is CCc1c(C(=O)[O-])[n+](CC)c(C)n1C. The molecule has 0 fully saturated rings. The van der Waals surface area contributed by atoms with Crippen LogP contribution in [0.25, 0.3) is 0 Å². The molecule has 0 atom stereocenters. The highest BCUT2D eigenvalue weighted by Gasteiger charge is 2.23. The van der Waals surface area contributed by atoms with Gasteiger partial charge in [-0.05, 0) is 6.92 Å². The molecule has 0 unspecified atom stereocenters. The molecule has 0 saturated carbocycles. The van der Waals surface area contributed by atoms with Gasteiger partial charge in [0.1, 0.15) is 5.97 Å². The van der Waals surface area contributed by atoms with E-state index < -0.39 is 5.97 Å². The Morgan fingerprint density at radius 2 is 2.07 bits per heavy atom. The van der Waals surface area contributed by atoms with Crippen molar-refractivity contribution in [2.24, 2.45) is 7.05 Å². The molecule has 1 rings (SSSR count). The molecule has 0 aromatic carbocycles. The number of carboxylic acid groups (broad SMARTS) is 1. The molecule has 4 nitrogen and oxygen atoms in total. The van der Waals surface area contributed by atoms with Gasteiger partial charge in [0.25, 0.3) is 5.82 Å². The lowest BCUT2D eigenvalue weighted by Gasteiger charge is -2.01. The fourth-order valence-electron chi connectivity index (χ4n) is 1.87. The molecular formula is C10H16N2O2. The van der Waals surface area contributed by atoms with E-state index in [9.17, 15) is 9.90 Å². The zero-order valence-electron chi connectivity index (χ0n) is 9.13. The molecule has 4 heteroatoms. The Bertz CT molecular complexity index is 339. The van der Waals surface area contributed by atoms with Crippen molar-refractivity contribution in [3.63, 3.8) is 0 Å². The van der Waals surface area contributed by atoms with Gasteiger partial charge in [-0.25, -0.2) is 9.13 Å². The summed E-state index contributed by atoms with van der Waals surface area (Å²) in [5, 5.41) is 11.0. The van der Waals surface area contributed by atoms with E-state index in [-0.39, 0.29) is 0 Å². The first-order valence-corrected chi connectivity index (χ1v) is 4.83. The lowest BCUT2D eigenvalue weighted by molar-refractivity contribution is -0.703. The molecule has 0 radical (unpaired) electrons. The molecule has 0 aliphatic carbocycles. The summed E-state index contributed by atoms with van der Waals surface area (Å²) in [5.41, 5.74) is 1.14. The molecule has 1 aromatic rings. The molecule has 14 heavy (non-hydrogen) atoms. The zero-order valence-corrected chi connectivity index (χ0v) is 9.13. The van der Waals surface area contributed by atoms with Gasteiger partial charge in [0.05, 0.1) is 13.6 Å². The van der Waals surface area contributed by atoms with E-state index in [4.69, 9.17) is 0 Å². The van der Waals surface area contributed by atoms with E-state index in [1.165, 1.54) is 0 Å². The number of imidazole rings is 1. The van der Waals surface area contributed by atoms with E-state index in [2.05, 4.69) is 0 Å². The van der Waals surface area contributed by atoms with Gasteiger partial charge in [0, 0.05) is 13.3 Å². The lowest BCUT2D eigenvalue weighted by Crippen LogP contribution is -2.44. The Balaban J connectivity index is 3.49. The summed E-state index contributed by atoms with van der Waals surface area (Å²) in [7, 11) is 1.88. The second kappa shape index (κ2) is 3.82. The first-order chi connectivity index (χ1) is 6.54. The van der Waals surface area contributed by atoms with Crippen molar-refractivity contribution in [2.75, 3.05) is 0 Å². The fourth-order valence-corrected chi connectivity index (χ4v) is 1.87. The number of carbonyl (C=O) groups excluding carboxylic acids is 1. The van der Waals surface area contributed by atoms with Crippen molar-refractivity contribution in [1.29, 1.82) is 0 Å². The lowest BCUT2D eigenvalue weighted by atomic mass is 10.2. The fraction of sp³-hybridized carbons (Fsp3) is 0.600. The number of carbonyl (C=O) groups is 1. The van der Waals surface area contributed by atoms with Crippen LogP contribution in [0.2, 0.25) is 0 Å². The molecule has 0 N–H and O–H groups in total. The highest BCUT2D eigenvalue weighted by molar-refractivity contribution is 5.83. The van der Waals surface area contributed by atoms with Crippen LogP contribution in [0.1, 0.15) is 35.9 Å². The number of carboxylic acids is 1. The van der Waals surface area contributed by atoms with Gasteiger partial charge in [-0.2, -0.15) is 0 Å². The number of aromatic nitrogens is 2. The van der Waals surface area contributed by atoms with Gasteiger partial charge < -0.3 is 9.90 Å². The Morgan fingerprint density at radius 1 is 1.50 bits per heavy atom. The quantitative estimate of drug-likeness (QED) is 0.616. The summed E-state index contributed by atoms with van der Waals surface area (Å²) < 4.78 is 3.68. The number of rotatable bonds is 3. The summed E-state index contributed by atoms with van der Waals surface area (Å²) in [6.07, 6.45) is 0.702. The van der Waals surface area contributed by atoms with Crippen LogP contribution in [0.5, 0.6) is 0 Å². The highest BCUT2D eigenvalue weighted by Crippen LogP contribution is 2.08. The highest BCUT2D eigenvalue weighted by atomic mass is 16.4.